The molecule has 1 aliphatic rings. The number of carbonyl (C=O) groups excluding carboxylic acids is 1. The molecular formula is C17H25NO. The van der Waals surface area contributed by atoms with Gasteiger partial charge >= 0.3 is 0 Å². The van der Waals surface area contributed by atoms with Crippen LogP contribution in [0.5, 0.6) is 0 Å². The smallest absolute Gasteiger partial charge is 0.225 e. The van der Waals surface area contributed by atoms with Crippen molar-refractivity contribution in [1.82, 2.24) is 4.90 Å². The normalized spacial score (nSPS) is 20.8. The largest absolute Gasteiger partial charge is 0.342 e. The van der Waals surface area contributed by atoms with Crippen molar-refractivity contribution in [3.8, 4) is 0 Å². The first-order valence-corrected chi connectivity index (χ1v) is 7.40. The number of rotatable bonds is 4. The Morgan fingerprint density at radius 1 is 1.26 bits per heavy atom. The molecule has 2 nitrogen and oxygen atoms in total. The summed E-state index contributed by atoms with van der Waals surface area (Å²) in [5.41, 5.74) is 1.39. The molecule has 1 amide bonds. The number of hydrogen-bond acceptors (Lipinski definition) is 1. The van der Waals surface area contributed by atoms with Gasteiger partial charge in [-0.05, 0) is 30.2 Å². The molecule has 0 N–H and O–H groups in total. The molecule has 1 saturated heterocycles. The highest BCUT2D eigenvalue weighted by Crippen LogP contribution is 2.24. The van der Waals surface area contributed by atoms with Gasteiger partial charge in [0.2, 0.25) is 5.91 Å². The Bertz CT molecular complexity index is 413. The number of nitrogens with zero attached hydrogens (tertiary/aromatic N) is 1. The first-order chi connectivity index (χ1) is 9.08. The maximum absolute atomic E-state index is 12.3. The van der Waals surface area contributed by atoms with Gasteiger partial charge < -0.3 is 4.90 Å². The molecule has 1 heterocycles. The molecule has 0 spiro atoms. The molecule has 19 heavy (non-hydrogen) atoms. The van der Waals surface area contributed by atoms with Crippen LogP contribution in [0.2, 0.25) is 0 Å². The quantitative estimate of drug-likeness (QED) is 0.812. The topological polar surface area (TPSA) is 20.3 Å². The third-order valence-corrected chi connectivity index (χ3v) is 4.35. The second-order valence-electron chi connectivity index (χ2n) is 6.16. The lowest BCUT2D eigenvalue weighted by Crippen LogP contribution is -2.35. The molecule has 0 aliphatic carbocycles. The SMILES string of the molecule is CC(C)C(C)C(=O)N1CCC(Cc2ccccc2)C1. The van der Waals surface area contributed by atoms with Crippen LogP contribution >= 0.6 is 0 Å². The minimum Gasteiger partial charge on any atom is -0.342 e. The van der Waals surface area contributed by atoms with Crippen molar-refractivity contribution >= 4 is 5.91 Å². The molecule has 1 aliphatic heterocycles. The third kappa shape index (κ3) is 3.59. The van der Waals surface area contributed by atoms with E-state index in [1.54, 1.807) is 0 Å². The highest BCUT2D eigenvalue weighted by Gasteiger charge is 2.29. The Kier molecular flexibility index (Phi) is 4.62. The van der Waals surface area contributed by atoms with Crippen LogP contribution in [0.3, 0.4) is 0 Å². The fourth-order valence-electron chi connectivity index (χ4n) is 2.72. The summed E-state index contributed by atoms with van der Waals surface area (Å²) < 4.78 is 0. The van der Waals surface area contributed by atoms with Crippen molar-refractivity contribution in [1.29, 1.82) is 0 Å². The number of likely N-dealkylation sites (tertiary alicyclic amines) is 1. The van der Waals surface area contributed by atoms with E-state index in [4.69, 9.17) is 0 Å². The fourth-order valence-corrected chi connectivity index (χ4v) is 2.72. The maximum atomic E-state index is 12.3. The summed E-state index contributed by atoms with van der Waals surface area (Å²) in [6.45, 7) is 8.18. The molecule has 2 rings (SSSR count). The van der Waals surface area contributed by atoms with Gasteiger partial charge in [0.1, 0.15) is 0 Å². The first kappa shape index (κ1) is 14.1. The Balaban J connectivity index is 1.88. The van der Waals surface area contributed by atoms with E-state index in [0.29, 0.717) is 17.7 Å². The van der Waals surface area contributed by atoms with Gasteiger partial charge in [0.15, 0.2) is 0 Å². The lowest BCUT2D eigenvalue weighted by atomic mass is 9.96. The zero-order valence-electron chi connectivity index (χ0n) is 12.3. The van der Waals surface area contributed by atoms with Crippen molar-refractivity contribution in [2.24, 2.45) is 17.8 Å². The monoisotopic (exact) mass is 259 g/mol. The average molecular weight is 259 g/mol. The summed E-state index contributed by atoms with van der Waals surface area (Å²) in [5.74, 6) is 1.55. The van der Waals surface area contributed by atoms with Crippen LogP contribution in [0, 0.1) is 17.8 Å². The van der Waals surface area contributed by atoms with Gasteiger partial charge in [-0.15, -0.1) is 0 Å². The zero-order chi connectivity index (χ0) is 13.8. The van der Waals surface area contributed by atoms with E-state index < -0.39 is 0 Å². The van der Waals surface area contributed by atoms with Gasteiger partial charge in [-0.3, -0.25) is 4.79 Å². The first-order valence-electron chi connectivity index (χ1n) is 7.40. The lowest BCUT2D eigenvalue weighted by molar-refractivity contribution is -0.135. The van der Waals surface area contributed by atoms with Crippen LogP contribution in [0.15, 0.2) is 30.3 Å². The minimum atomic E-state index is 0.149. The van der Waals surface area contributed by atoms with Crippen LogP contribution in [-0.2, 0) is 11.2 Å². The van der Waals surface area contributed by atoms with Crippen molar-refractivity contribution in [2.75, 3.05) is 13.1 Å². The fraction of sp³-hybridized carbons (Fsp3) is 0.588. The van der Waals surface area contributed by atoms with Crippen molar-refractivity contribution < 1.29 is 4.79 Å². The van der Waals surface area contributed by atoms with Crippen LogP contribution in [0.1, 0.15) is 32.8 Å². The predicted molar refractivity (Wildman–Crippen MR) is 78.8 cm³/mol. The lowest BCUT2D eigenvalue weighted by Gasteiger charge is -2.23. The highest BCUT2D eigenvalue weighted by atomic mass is 16.2. The Labute approximate surface area is 116 Å². The van der Waals surface area contributed by atoms with Gasteiger partial charge in [-0.2, -0.15) is 0 Å². The standard InChI is InChI=1S/C17H25NO/c1-13(2)14(3)17(19)18-10-9-16(12-18)11-15-7-5-4-6-8-15/h4-8,13-14,16H,9-12H2,1-3H3. The molecule has 0 bridgehead atoms. The average Bonchev–Trinajstić information content (AvgIpc) is 2.86. The number of benzene rings is 1. The summed E-state index contributed by atoms with van der Waals surface area (Å²) in [4.78, 5) is 14.4. The second kappa shape index (κ2) is 6.23. The summed E-state index contributed by atoms with van der Waals surface area (Å²) in [6.07, 6.45) is 2.24. The van der Waals surface area contributed by atoms with Gasteiger partial charge in [0.25, 0.3) is 0 Å². The van der Waals surface area contributed by atoms with Gasteiger partial charge in [0.05, 0.1) is 0 Å². The minimum absolute atomic E-state index is 0.149. The van der Waals surface area contributed by atoms with E-state index in [9.17, 15) is 4.79 Å². The van der Waals surface area contributed by atoms with Crippen LogP contribution in [0.25, 0.3) is 0 Å². The maximum Gasteiger partial charge on any atom is 0.225 e. The van der Waals surface area contributed by atoms with Crippen molar-refractivity contribution in [3.63, 3.8) is 0 Å². The molecule has 2 unspecified atom stereocenters. The second-order valence-corrected chi connectivity index (χ2v) is 6.16. The summed E-state index contributed by atoms with van der Waals surface area (Å²) in [6, 6.07) is 10.6. The molecule has 0 aromatic heterocycles. The Morgan fingerprint density at radius 3 is 2.58 bits per heavy atom. The number of carbonyl (C=O) groups is 1. The highest BCUT2D eigenvalue weighted by molar-refractivity contribution is 5.79. The molecule has 1 aromatic carbocycles. The summed E-state index contributed by atoms with van der Waals surface area (Å²) >= 11 is 0. The Morgan fingerprint density at radius 2 is 1.95 bits per heavy atom. The summed E-state index contributed by atoms with van der Waals surface area (Å²) in [7, 11) is 0. The molecule has 0 saturated carbocycles. The van der Waals surface area contributed by atoms with E-state index in [2.05, 4.69) is 56.0 Å². The van der Waals surface area contributed by atoms with E-state index in [-0.39, 0.29) is 5.92 Å². The van der Waals surface area contributed by atoms with Crippen LogP contribution < -0.4 is 0 Å². The van der Waals surface area contributed by atoms with Gasteiger partial charge in [-0.1, -0.05) is 51.1 Å². The van der Waals surface area contributed by atoms with E-state index in [1.807, 2.05) is 0 Å². The van der Waals surface area contributed by atoms with Crippen molar-refractivity contribution in [2.45, 2.75) is 33.6 Å². The Hall–Kier alpha value is -1.31. The molecule has 2 heteroatoms. The predicted octanol–water partition coefficient (Wildman–Crippen LogP) is 3.37. The third-order valence-electron chi connectivity index (χ3n) is 4.35. The van der Waals surface area contributed by atoms with E-state index in [0.717, 1.165) is 25.9 Å². The zero-order valence-corrected chi connectivity index (χ0v) is 12.3. The molecule has 104 valence electrons. The molecule has 0 radical (unpaired) electrons. The molecular weight excluding hydrogens is 234 g/mol. The number of hydrogen-bond donors (Lipinski definition) is 0. The van der Waals surface area contributed by atoms with Crippen LogP contribution in [-0.4, -0.2) is 23.9 Å². The molecule has 2 atom stereocenters. The number of amides is 1. The summed E-state index contributed by atoms with van der Waals surface area (Å²) in [5, 5.41) is 0. The molecule has 1 fully saturated rings. The van der Waals surface area contributed by atoms with Gasteiger partial charge in [-0.25, -0.2) is 0 Å². The van der Waals surface area contributed by atoms with Crippen molar-refractivity contribution in [3.05, 3.63) is 35.9 Å². The molecule has 1 aromatic rings. The van der Waals surface area contributed by atoms with E-state index in [1.165, 1.54) is 5.56 Å². The van der Waals surface area contributed by atoms with Gasteiger partial charge in [0, 0.05) is 19.0 Å². The van der Waals surface area contributed by atoms with Crippen LogP contribution in [0.4, 0.5) is 0 Å². The van der Waals surface area contributed by atoms with E-state index >= 15 is 0 Å².